The number of thiophene rings is 1. The van der Waals surface area contributed by atoms with Gasteiger partial charge >= 0.3 is 0 Å². The molecule has 0 saturated heterocycles. The fourth-order valence-electron chi connectivity index (χ4n) is 1.65. The lowest BCUT2D eigenvalue weighted by Crippen LogP contribution is -2.23. The van der Waals surface area contributed by atoms with Gasteiger partial charge in [0.15, 0.2) is 0 Å². The summed E-state index contributed by atoms with van der Waals surface area (Å²) in [6, 6.07) is 8.27. The summed E-state index contributed by atoms with van der Waals surface area (Å²) < 4.78 is 27.0. The smallest absolute Gasteiger partial charge is 0.240 e. The highest BCUT2D eigenvalue weighted by Gasteiger charge is 2.15. The zero-order valence-corrected chi connectivity index (χ0v) is 13.2. The second-order valence-corrected chi connectivity index (χ2v) is 7.45. The Morgan fingerprint density at radius 3 is 2.75 bits per heavy atom. The van der Waals surface area contributed by atoms with E-state index >= 15 is 0 Å². The second-order valence-electron chi connectivity index (χ2n) is 4.24. The lowest BCUT2D eigenvalue weighted by Gasteiger charge is -2.07. The van der Waals surface area contributed by atoms with Gasteiger partial charge in [-0.1, -0.05) is 24.4 Å². The molecule has 0 fully saturated rings. The molecule has 1 aromatic carbocycles. The molecule has 0 aliphatic heterocycles. The molecular weight excluding hydrogens is 312 g/mol. The fraction of sp³-hybridized carbons (Fsp3) is 0.154. The van der Waals surface area contributed by atoms with Crippen molar-refractivity contribution in [1.82, 2.24) is 4.72 Å². The van der Waals surface area contributed by atoms with Crippen molar-refractivity contribution in [2.45, 2.75) is 18.4 Å². The number of nitrogens with one attached hydrogen (secondary N) is 1. The predicted octanol–water partition coefficient (Wildman–Crippen LogP) is 2.17. The minimum atomic E-state index is -3.57. The third-order valence-electron chi connectivity index (χ3n) is 2.82. The van der Waals surface area contributed by atoms with Crippen LogP contribution in [0.2, 0.25) is 0 Å². The number of hydrogen-bond donors (Lipinski definition) is 2. The maximum atomic E-state index is 12.2. The molecule has 2 rings (SSSR count). The molecule has 7 heteroatoms. The summed E-state index contributed by atoms with van der Waals surface area (Å²) >= 11 is 6.38. The molecular formula is C13H14N2O2S3. The zero-order chi connectivity index (χ0) is 14.8. The van der Waals surface area contributed by atoms with E-state index in [4.69, 9.17) is 18.0 Å². The Bertz CT molecular complexity index is 736. The van der Waals surface area contributed by atoms with Crippen molar-refractivity contribution < 1.29 is 8.42 Å². The topological polar surface area (TPSA) is 72.2 Å². The van der Waals surface area contributed by atoms with Gasteiger partial charge in [-0.3, -0.25) is 0 Å². The molecule has 0 amide bonds. The molecule has 0 radical (unpaired) electrons. The molecule has 2 aromatic rings. The lowest BCUT2D eigenvalue weighted by atomic mass is 10.2. The first-order valence-electron chi connectivity index (χ1n) is 5.82. The predicted molar refractivity (Wildman–Crippen MR) is 85.4 cm³/mol. The van der Waals surface area contributed by atoms with Crippen LogP contribution in [0, 0.1) is 6.92 Å². The van der Waals surface area contributed by atoms with Crippen molar-refractivity contribution in [1.29, 1.82) is 0 Å². The van der Waals surface area contributed by atoms with E-state index in [0.717, 1.165) is 10.4 Å². The Kier molecular flexibility index (Phi) is 4.54. The summed E-state index contributed by atoms with van der Waals surface area (Å²) in [6.45, 7) is 2.23. The van der Waals surface area contributed by atoms with E-state index < -0.39 is 10.0 Å². The van der Waals surface area contributed by atoms with Crippen molar-refractivity contribution in [3.63, 3.8) is 0 Å². The number of thiocarbonyl (C=S) groups is 1. The standard InChI is InChI=1S/C13H14N2O2S3/c1-9-5-6-19-12(9)8-15-20(16,17)11-4-2-3-10(7-11)13(14)18/h2-7,15H,8H2,1H3,(H2,14,18). The van der Waals surface area contributed by atoms with Gasteiger partial charge in [0.25, 0.3) is 0 Å². The van der Waals surface area contributed by atoms with Gasteiger partial charge in [-0.2, -0.15) is 0 Å². The maximum Gasteiger partial charge on any atom is 0.240 e. The van der Waals surface area contributed by atoms with Crippen LogP contribution in [-0.2, 0) is 16.6 Å². The summed E-state index contributed by atoms with van der Waals surface area (Å²) in [5.74, 6) is 0. The number of rotatable bonds is 5. The van der Waals surface area contributed by atoms with Crippen LogP contribution >= 0.6 is 23.6 Å². The molecule has 0 bridgehead atoms. The van der Waals surface area contributed by atoms with Crippen molar-refractivity contribution in [2.75, 3.05) is 0 Å². The van der Waals surface area contributed by atoms with Crippen LogP contribution in [-0.4, -0.2) is 13.4 Å². The van der Waals surface area contributed by atoms with Gasteiger partial charge in [0.2, 0.25) is 10.0 Å². The van der Waals surface area contributed by atoms with E-state index in [0.29, 0.717) is 5.56 Å². The van der Waals surface area contributed by atoms with E-state index in [1.165, 1.54) is 23.5 Å². The highest BCUT2D eigenvalue weighted by atomic mass is 32.2. The van der Waals surface area contributed by atoms with Gasteiger partial charge < -0.3 is 5.73 Å². The molecule has 0 atom stereocenters. The van der Waals surface area contributed by atoms with Gasteiger partial charge in [-0.05, 0) is 36.1 Å². The summed E-state index contributed by atoms with van der Waals surface area (Å²) in [5.41, 5.74) is 7.13. The molecule has 1 aromatic heterocycles. The first kappa shape index (κ1) is 15.1. The highest BCUT2D eigenvalue weighted by molar-refractivity contribution is 7.89. The Morgan fingerprint density at radius 1 is 1.40 bits per heavy atom. The number of hydrogen-bond acceptors (Lipinski definition) is 4. The summed E-state index contributed by atoms with van der Waals surface area (Å²) in [6.07, 6.45) is 0. The van der Waals surface area contributed by atoms with Crippen LogP contribution in [0.3, 0.4) is 0 Å². The Labute approximate surface area is 127 Å². The number of nitrogens with two attached hydrogens (primary N) is 1. The minimum absolute atomic E-state index is 0.164. The van der Waals surface area contributed by atoms with Crippen LogP contribution in [0.25, 0.3) is 0 Å². The second kappa shape index (κ2) is 6.01. The van der Waals surface area contributed by atoms with Crippen LogP contribution in [0.1, 0.15) is 16.0 Å². The highest BCUT2D eigenvalue weighted by Crippen LogP contribution is 2.17. The molecule has 1 heterocycles. The van der Waals surface area contributed by atoms with Gasteiger partial charge in [0, 0.05) is 17.0 Å². The van der Waals surface area contributed by atoms with Crippen LogP contribution in [0.15, 0.2) is 40.6 Å². The Morgan fingerprint density at radius 2 is 2.15 bits per heavy atom. The van der Waals surface area contributed by atoms with E-state index in [1.54, 1.807) is 12.1 Å². The minimum Gasteiger partial charge on any atom is -0.389 e. The Balaban J connectivity index is 2.20. The lowest BCUT2D eigenvalue weighted by molar-refractivity contribution is 0.581. The first-order chi connectivity index (χ1) is 9.40. The van der Waals surface area contributed by atoms with Crippen molar-refractivity contribution in [2.24, 2.45) is 5.73 Å². The largest absolute Gasteiger partial charge is 0.389 e. The molecule has 0 aliphatic rings. The van der Waals surface area contributed by atoms with Gasteiger partial charge in [-0.15, -0.1) is 11.3 Å². The maximum absolute atomic E-state index is 12.2. The number of aryl methyl sites for hydroxylation is 1. The first-order valence-corrected chi connectivity index (χ1v) is 8.60. The monoisotopic (exact) mass is 326 g/mol. The SMILES string of the molecule is Cc1ccsc1CNS(=O)(=O)c1cccc(C(N)=S)c1. The van der Waals surface area contributed by atoms with Crippen molar-refractivity contribution in [3.05, 3.63) is 51.7 Å². The average molecular weight is 326 g/mol. The number of benzene rings is 1. The van der Waals surface area contributed by atoms with E-state index in [-0.39, 0.29) is 16.4 Å². The molecule has 20 heavy (non-hydrogen) atoms. The van der Waals surface area contributed by atoms with Gasteiger partial charge in [0.05, 0.1) is 4.90 Å². The number of sulfonamides is 1. The normalized spacial score (nSPS) is 11.4. The molecule has 0 spiro atoms. The molecule has 3 N–H and O–H groups in total. The fourth-order valence-corrected chi connectivity index (χ4v) is 3.75. The molecule has 106 valence electrons. The average Bonchev–Trinajstić information content (AvgIpc) is 2.82. The van der Waals surface area contributed by atoms with Crippen LogP contribution in [0.4, 0.5) is 0 Å². The zero-order valence-electron chi connectivity index (χ0n) is 10.8. The molecule has 0 unspecified atom stereocenters. The third kappa shape index (κ3) is 3.43. The van der Waals surface area contributed by atoms with Crippen LogP contribution < -0.4 is 10.5 Å². The van der Waals surface area contributed by atoms with E-state index in [9.17, 15) is 8.42 Å². The van der Waals surface area contributed by atoms with E-state index in [1.807, 2.05) is 18.4 Å². The van der Waals surface area contributed by atoms with Crippen molar-refractivity contribution in [3.8, 4) is 0 Å². The molecule has 0 aliphatic carbocycles. The third-order valence-corrected chi connectivity index (χ3v) is 5.48. The van der Waals surface area contributed by atoms with Gasteiger partial charge in [0.1, 0.15) is 4.99 Å². The summed E-state index contributed by atoms with van der Waals surface area (Å²) in [7, 11) is -3.57. The molecule has 0 saturated carbocycles. The van der Waals surface area contributed by atoms with Gasteiger partial charge in [-0.25, -0.2) is 13.1 Å². The van der Waals surface area contributed by atoms with Crippen LogP contribution in [0.5, 0.6) is 0 Å². The Hall–Kier alpha value is -1.28. The van der Waals surface area contributed by atoms with Crippen molar-refractivity contribution >= 4 is 38.6 Å². The summed E-state index contributed by atoms with van der Waals surface area (Å²) in [4.78, 5) is 1.34. The quantitative estimate of drug-likeness (QED) is 0.826. The van der Waals surface area contributed by atoms with E-state index in [2.05, 4.69) is 4.72 Å². The molecule has 4 nitrogen and oxygen atoms in total. The summed E-state index contributed by atoms with van der Waals surface area (Å²) in [5, 5.41) is 1.94.